The second kappa shape index (κ2) is 6.94. The Hall–Kier alpha value is -0.280. The Balaban J connectivity index is 1.83. The van der Waals surface area contributed by atoms with Gasteiger partial charge >= 0.3 is 0 Å². The van der Waals surface area contributed by atoms with Crippen molar-refractivity contribution in [3.05, 3.63) is 33.8 Å². The summed E-state index contributed by atoms with van der Waals surface area (Å²) >= 11 is 12.0. The van der Waals surface area contributed by atoms with Gasteiger partial charge < -0.3 is 5.32 Å². The van der Waals surface area contributed by atoms with Crippen LogP contribution in [0.15, 0.2) is 18.2 Å². The molecule has 0 aromatic heterocycles. The lowest BCUT2D eigenvalue weighted by Gasteiger charge is -2.33. The summed E-state index contributed by atoms with van der Waals surface area (Å²) in [7, 11) is 0. The van der Waals surface area contributed by atoms with Gasteiger partial charge in [0.2, 0.25) is 0 Å². The Morgan fingerprint density at radius 3 is 2.47 bits per heavy atom. The maximum Gasteiger partial charge on any atom is 0.0595 e. The van der Waals surface area contributed by atoms with Gasteiger partial charge in [0.25, 0.3) is 0 Å². The fourth-order valence-corrected chi connectivity index (χ4v) is 2.95. The van der Waals surface area contributed by atoms with Crippen molar-refractivity contribution in [3.8, 4) is 0 Å². The van der Waals surface area contributed by atoms with Gasteiger partial charge in [0.15, 0.2) is 0 Å². The van der Waals surface area contributed by atoms with Crippen molar-refractivity contribution in [1.29, 1.82) is 0 Å². The van der Waals surface area contributed by atoms with Gasteiger partial charge in [-0.05, 0) is 43.6 Å². The molecule has 0 spiro atoms. The lowest BCUT2D eigenvalue weighted by atomic mass is 10.0. The monoisotopic (exact) mass is 300 g/mol. The van der Waals surface area contributed by atoms with E-state index in [2.05, 4.69) is 30.1 Å². The highest BCUT2D eigenvalue weighted by Crippen LogP contribution is 2.24. The lowest BCUT2D eigenvalue weighted by Crippen LogP contribution is -2.44. The number of likely N-dealkylation sites (tertiary alicyclic amines) is 1. The maximum atomic E-state index is 6.05. The third-order valence-electron chi connectivity index (χ3n) is 3.55. The first kappa shape index (κ1) is 15.1. The Morgan fingerprint density at radius 1 is 1.21 bits per heavy atom. The largest absolute Gasteiger partial charge is 0.312 e. The number of piperidine rings is 1. The molecule has 1 aromatic rings. The Bertz CT molecular complexity index is 413. The second-order valence-corrected chi connectivity index (χ2v) is 6.43. The number of rotatable bonds is 4. The molecule has 19 heavy (non-hydrogen) atoms. The van der Waals surface area contributed by atoms with E-state index in [0.717, 1.165) is 19.6 Å². The van der Waals surface area contributed by atoms with Gasteiger partial charge in [-0.25, -0.2) is 0 Å². The minimum Gasteiger partial charge on any atom is -0.312 e. The summed E-state index contributed by atoms with van der Waals surface area (Å²) in [5.41, 5.74) is 1.24. The van der Waals surface area contributed by atoms with Crippen LogP contribution in [0.4, 0.5) is 0 Å². The topological polar surface area (TPSA) is 15.3 Å². The zero-order valence-electron chi connectivity index (χ0n) is 11.6. The standard InChI is InChI=1S/C15H22Cl2N2/c1-11(2)18-13-5-7-19(8-6-13)10-12-3-4-14(16)15(17)9-12/h3-4,9,11,13,18H,5-8,10H2,1-2H3. The van der Waals surface area contributed by atoms with E-state index in [1.807, 2.05) is 12.1 Å². The quantitative estimate of drug-likeness (QED) is 0.905. The van der Waals surface area contributed by atoms with E-state index in [1.165, 1.54) is 18.4 Å². The van der Waals surface area contributed by atoms with Crippen molar-refractivity contribution >= 4 is 23.2 Å². The number of hydrogen-bond acceptors (Lipinski definition) is 2. The van der Waals surface area contributed by atoms with E-state index >= 15 is 0 Å². The highest BCUT2D eigenvalue weighted by molar-refractivity contribution is 6.42. The first-order chi connectivity index (χ1) is 9.04. The molecule has 1 aliphatic rings. The van der Waals surface area contributed by atoms with Crippen LogP contribution in [0.5, 0.6) is 0 Å². The van der Waals surface area contributed by atoms with Gasteiger partial charge in [0, 0.05) is 18.6 Å². The summed E-state index contributed by atoms with van der Waals surface area (Å²) in [6.45, 7) is 7.67. The molecule has 0 atom stereocenters. The summed E-state index contributed by atoms with van der Waals surface area (Å²) in [6, 6.07) is 7.16. The van der Waals surface area contributed by atoms with Gasteiger partial charge in [-0.2, -0.15) is 0 Å². The number of hydrogen-bond donors (Lipinski definition) is 1. The number of nitrogens with one attached hydrogen (secondary N) is 1. The summed E-state index contributed by atoms with van der Waals surface area (Å²) in [4.78, 5) is 2.48. The molecule has 0 aliphatic carbocycles. The zero-order valence-corrected chi connectivity index (χ0v) is 13.1. The van der Waals surface area contributed by atoms with Crippen LogP contribution in [0.2, 0.25) is 10.0 Å². The number of benzene rings is 1. The predicted octanol–water partition coefficient (Wildman–Crippen LogP) is 3.96. The summed E-state index contributed by atoms with van der Waals surface area (Å²) < 4.78 is 0. The first-order valence-electron chi connectivity index (χ1n) is 6.97. The van der Waals surface area contributed by atoms with Crippen LogP contribution in [0, 0.1) is 0 Å². The van der Waals surface area contributed by atoms with E-state index in [4.69, 9.17) is 23.2 Å². The SMILES string of the molecule is CC(C)NC1CCN(Cc2ccc(Cl)c(Cl)c2)CC1. The van der Waals surface area contributed by atoms with Crippen LogP contribution < -0.4 is 5.32 Å². The van der Waals surface area contributed by atoms with Crippen LogP contribution in [0.3, 0.4) is 0 Å². The molecule has 0 saturated carbocycles. The Kier molecular flexibility index (Phi) is 5.52. The van der Waals surface area contributed by atoms with Crippen molar-refractivity contribution in [1.82, 2.24) is 10.2 Å². The molecule has 106 valence electrons. The third-order valence-corrected chi connectivity index (χ3v) is 4.29. The highest BCUT2D eigenvalue weighted by Gasteiger charge is 2.19. The molecular weight excluding hydrogens is 279 g/mol. The van der Waals surface area contributed by atoms with Crippen molar-refractivity contribution in [2.75, 3.05) is 13.1 Å². The van der Waals surface area contributed by atoms with E-state index in [9.17, 15) is 0 Å². The summed E-state index contributed by atoms with van der Waals surface area (Å²) in [6.07, 6.45) is 2.44. The average Bonchev–Trinajstić information content (AvgIpc) is 2.36. The van der Waals surface area contributed by atoms with Crippen molar-refractivity contribution in [3.63, 3.8) is 0 Å². The fraction of sp³-hybridized carbons (Fsp3) is 0.600. The average molecular weight is 301 g/mol. The normalized spacial score (nSPS) is 18.2. The van der Waals surface area contributed by atoms with Crippen molar-refractivity contribution in [2.45, 2.75) is 45.3 Å². The third kappa shape index (κ3) is 4.64. The molecule has 2 rings (SSSR count). The van der Waals surface area contributed by atoms with E-state index in [0.29, 0.717) is 22.1 Å². The van der Waals surface area contributed by atoms with Crippen LogP contribution in [0.25, 0.3) is 0 Å². The van der Waals surface area contributed by atoms with Crippen LogP contribution in [-0.2, 0) is 6.54 Å². The molecular formula is C15H22Cl2N2. The molecule has 0 unspecified atom stereocenters. The van der Waals surface area contributed by atoms with Crippen LogP contribution in [-0.4, -0.2) is 30.1 Å². The van der Waals surface area contributed by atoms with Crippen molar-refractivity contribution < 1.29 is 0 Å². The number of nitrogens with zero attached hydrogens (tertiary/aromatic N) is 1. The molecule has 4 heteroatoms. The first-order valence-corrected chi connectivity index (χ1v) is 7.72. The Morgan fingerprint density at radius 2 is 1.89 bits per heavy atom. The van der Waals surface area contributed by atoms with E-state index in [-0.39, 0.29) is 0 Å². The van der Waals surface area contributed by atoms with Crippen LogP contribution >= 0.6 is 23.2 Å². The summed E-state index contributed by atoms with van der Waals surface area (Å²) in [5.74, 6) is 0. The van der Waals surface area contributed by atoms with E-state index in [1.54, 1.807) is 0 Å². The molecule has 2 nitrogen and oxygen atoms in total. The molecule has 1 fully saturated rings. The Labute approximate surface area is 126 Å². The zero-order chi connectivity index (χ0) is 13.8. The lowest BCUT2D eigenvalue weighted by molar-refractivity contribution is 0.186. The highest BCUT2D eigenvalue weighted by atomic mass is 35.5. The minimum atomic E-state index is 0.576. The predicted molar refractivity (Wildman–Crippen MR) is 83.0 cm³/mol. The molecule has 0 amide bonds. The van der Waals surface area contributed by atoms with Gasteiger partial charge in [0.05, 0.1) is 10.0 Å². The van der Waals surface area contributed by atoms with Gasteiger partial charge in [-0.15, -0.1) is 0 Å². The molecule has 1 aromatic carbocycles. The minimum absolute atomic E-state index is 0.576. The molecule has 0 bridgehead atoms. The number of halogens is 2. The van der Waals surface area contributed by atoms with Crippen LogP contribution in [0.1, 0.15) is 32.3 Å². The van der Waals surface area contributed by atoms with Gasteiger partial charge in [-0.1, -0.05) is 43.1 Å². The second-order valence-electron chi connectivity index (χ2n) is 5.62. The van der Waals surface area contributed by atoms with Crippen molar-refractivity contribution in [2.24, 2.45) is 0 Å². The summed E-state index contributed by atoms with van der Waals surface area (Å²) in [5, 5.41) is 4.90. The van der Waals surface area contributed by atoms with E-state index < -0.39 is 0 Å². The molecule has 1 aliphatic heterocycles. The molecule has 0 radical (unpaired) electrons. The molecule has 1 heterocycles. The molecule has 1 N–H and O–H groups in total. The fourth-order valence-electron chi connectivity index (χ4n) is 2.63. The maximum absolute atomic E-state index is 6.05. The smallest absolute Gasteiger partial charge is 0.0595 e. The van der Waals surface area contributed by atoms with Gasteiger partial charge in [0.1, 0.15) is 0 Å². The molecule has 1 saturated heterocycles. The van der Waals surface area contributed by atoms with Gasteiger partial charge in [-0.3, -0.25) is 4.90 Å².